The first-order valence-electron chi connectivity index (χ1n) is 13.2. The predicted octanol–water partition coefficient (Wildman–Crippen LogP) is 8.52. The Balaban J connectivity index is 1.45. The highest BCUT2D eigenvalue weighted by Crippen LogP contribution is 2.40. The molecule has 4 aromatic carbocycles. The maximum Gasteiger partial charge on any atom is 0.141 e. The summed E-state index contributed by atoms with van der Waals surface area (Å²) in [5.41, 5.74) is 8.53. The number of imidazole rings is 1. The van der Waals surface area contributed by atoms with Crippen LogP contribution in [0.3, 0.4) is 0 Å². The van der Waals surface area contributed by atoms with Gasteiger partial charge in [0.1, 0.15) is 10.8 Å². The number of benzene rings is 4. The number of thiazole rings is 1. The Bertz CT molecular complexity index is 2150. The van der Waals surface area contributed by atoms with E-state index in [1.807, 2.05) is 43.8 Å². The second-order valence-electron chi connectivity index (χ2n) is 9.88. The van der Waals surface area contributed by atoms with Crippen LogP contribution in [0.25, 0.3) is 70.9 Å². The minimum atomic E-state index is 0.913. The molecule has 0 aliphatic heterocycles. The van der Waals surface area contributed by atoms with Crippen LogP contribution < -0.4 is 0 Å². The van der Waals surface area contributed by atoms with Gasteiger partial charge in [-0.1, -0.05) is 54.6 Å². The Morgan fingerprint density at radius 1 is 0.675 bits per heavy atom. The first-order chi connectivity index (χ1) is 19.7. The molecule has 190 valence electrons. The number of para-hydroxylation sites is 2. The second-order valence-corrected chi connectivity index (χ2v) is 10.9. The lowest BCUT2D eigenvalue weighted by Crippen LogP contribution is -2.01. The minimum absolute atomic E-state index is 0.913. The summed E-state index contributed by atoms with van der Waals surface area (Å²) < 4.78 is 5.63. The quantitative estimate of drug-likeness (QED) is 0.228. The summed E-state index contributed by atoms with van der Waals surface area (Å²) >= 11 is 1.73. The van der Waals surface area contributed by atoms with Gasteiger partial charge in [-0.05, 0) is 48.5 Å². The molecule has 6 heteroatoms. The number of aryl methyl sites for hydroxylation is 1. The molecule has 0 amide bonds. The van der Waals surface area contributed by atoms with E-state index in [2.05, 4.69) is 99.0 Å². The fourth-order valence-corrected chi connectivity index (χ4v) is 6.54. The van der Waals surface area contributed by atoms with Gasteiger partial charge in [0.25, 0.3) is 0 Å². The lowest BCUT2D eigenvalue weighted by molar-refractivity contribution is 0.922. The molecule has 0 spiro atoms. The zero-order valence-corrected chi connectivity index (χ0v) is 22.5. The molecule has 0 bridgehead atoms. The Morgan fingerprint density at radius 3 is 2.35 bits per heavy atom. The van der Waals surface area contributed by atoms with Crippen LogP contribution in [-0.4, -0.2) is 24.1 Å². The third-order valence-electron chi connectivity index (χ3n) is 7.48. The van der Waals surface area contributed by atoms with Crippen molar-refractivity contribution in [2.45, 2.75) is 0 Å². The summed E-state index contributed by atoms with van der Waals surface area (Å²) in [5, 5.41) is 3.43. The van der Waals surface area contributed by atoms with E-state index in [0.717, 1.165) is 55.5 Å². The maximum atomic E-state index is 4.96. The molecule has 0 fully saturated rings. The molecule has 8 aromatic rings. The Morgan fingerprint density at radius 2 is 1.50 bits per heavy atom. The summed E-state index contributed by atoms with van der Waals surface area (Å²) in [5.74, 6) is 0.913. The van der Waals surface area contributed by atoms with Crippen LogP contribution in [0.5, 0.6) is 0 Å². The van der Waals surface area contributed by atoms with Crippen LogP contribution in [0.4, 0.5) is 0 Å². The average molecular weight is 534 g/mol. The van der Waals surface area contributed by atoms with Crippen molar-refractivity contribution in [3.63, 3.8) is 0 Å². The molecular weight excluding hydrogens is 510 g/mol. The van der Waals surface area contributed by atoms with E-state index in [1.165, 1.54) is 15.5 Å². The van der Waals surface area contributed by atoms with Crippen molar-refractivity contribution in [2.24, 2.45) is 7.05 Å². The van der Waals surface area contributed by atoms with E-state index < -0.39 is 0 Å². The molecule has 0 saturated heterocycles. The van der Waals surface area contributed by atoms with Crippen molar-refractivity contribution < 1.29 is 0 Å². The lowest BCUT2D eigenvalue weighted by Gasteiger charge is -2.16. The van der Waals surface area contributed by atoms with Gasteiger partial charge in [-0.25, -0.2) is 9.97 Å². The fourth-order valence-electron chi connectivity index (χ4n) is 5.58. The molecule has 0 atom stereocenters. The second kappa shape index (κ2) is 9.00. The fraction of sp³-hybridized carbons (Fsp3) is 0.0294. The summed E-state index contributed by atoms with van der Waals surface area (Å²) in [6.45, 7) is 0. The van der Waals surface area contributed by atoms with Gasteiger partial charge in [-0.15, -0.1) is 11.3 Å². The van der Waals surface area contributed by atoms with E-state index in [0.29, 0.717) is 0 Å². The van der Waals surface area contributed by atoms with Gasteiger partial charge in [0.05, 0.1) is 32.6 Å². The SMILES string of the molecule is Cn1ccnc1-c1ccc(-c2ccccn2)cc1-n1c2ccccc2c2ccc(-c3nc4ccccc4s3)cc21. The van der Waals surface area contributed by atoms with E-state index in [4.69, 9.17) is 9.97 Å². The smallest absolute Gasteiger partial charge is 0.141 e. The van der Waals surface area contributed by atoms with Crippen molar-refractivity contribution in [3.05, 3.63) is 122 Å². The predicted molar refractivity (Wildman–Crippen MR) is 165 cm³/mol. The van der Waals surface area contributed by atoms with Gasteiger partial charge >= 0.3 is 0 Å². The van der Waals surface area contributed by atoms with Crippen molar-refractivity contribution >= 4 is 43.4 Å². The highest BCUT2D eigenvalue weighted by molar-refractivity contribution is 7.21. The molecule has 0 N–H and O–H groups in total. The maximum absolute atomic E-state index is 4.96. The van der Waals surface area contributed by atoms with Gasteiger partial charge in [0.2, 0.25) is 0 Å². The number of aromatic nitrogens is 5. The highest BCUT2D eigenvalue weighted by Gasteiger charge is 2.19. The largest absolute Gasteiger partial charge is 0.334 e. The van der Waals surface area contributed by atoms with Crippen molar-refractivity contribution in [3.8, 4) is 38.9 Å². The molecule has 0 aliphatic carbocycles. The zero-order valence-electron chi connectivity index (χ0n) is 21.7. The normalized spacial score (nSPS) is 11.6. The van der Waals surface area contributed by atoms with E-state index in [1.54, 1.807) is 11.3 Å². The molecule has 0 unspecified atom stereocenters. The van der Waals surface area contributed by atoms with Crippen molar-refractivity contribution in [1.82, 2.24) is 24.1 Å². The highest BCUT2D eigenvalue weighted by atomic mass is 32.1. The van der Waals surface area contributed by atoms with Crippen molar-refractivity contribution in [1.29, 1.82) is 0 Å². The molecule has 4 aromatic heterocycles. The number of nitrogens with zero attached hydrogens (tertiary/aromatic N) is 5. The molecule has 0 aliphatic rings. The number of pyridine rings is 1. The van der Waals surface area contributed by atoms with E-state index in [9.17, 15) is 0 Å². The van der Waals surface area contributed by atoms with Crippen LogP contribution in [-0.2, 0) is 7.05 Å². The van der Waals surface area contributed by atoms with Gasteiger partial charge in [-0.3, -0.25) is 4.98 Å². The Labute approximate surface area is 234 Å². The van der Waals surface area contributed by atoms with Gasteiger partial charge < -0.3 is 9.13 Å². The lowest BCUT2D eigenvalue weighted by atomic mass is 10.0. The average Bonchev–Trinajstić information content (AvgIpc) is 3.72. The van der Waals surface area contributed by atoms with Crippen LogP contribution in [0.2, 0.25) is 0 Å². The van der Waals surface area contributed by atoms with Gasteiger partial charge in [0, 0.05) is 53.1 Å². The number of rotatable bonds is 4. The van der Waals surface area contributed by atoms with Crippen LogP contribution in [0.1, 0.15) is 0 Å². The van der Waals surface area contributed by atoms with Crippen LogP contribution in [0.15, 0.2) is 122 Å². The molecular formula is C34H23N5S. The summed E-state index contributed by atoms with van der Waals surface area (Å²) in [4.78, 5) is 14.3. The number of hydrogen-bond acceptors (Lipinski definition) is 4. The van der Waals surface area contributed by atoms with Crippen LogP contribution >= 0.6 is 11.3 Å². The monoisotopic (exact) mass is 533 g/mol. The van der Waals surface area contributed by atoms with Gasteiger partial charge in [0.15, 0.2) is 0 Å². The van der Waals surface area contributed by atoms with Crippen LogP contribution in [0, 0.1) is 0 Å². The molecule has 0 radical (unpaired) electrons. The standard InChI is InChI=1S/C34H23N5S/c1-38-19-18-36-33(38)26-16-13-22(27-9-6-7-17-35-27)20-31(26)39-29-11-4-2-8-24(29)25-15-14-23(21-30(25)39)34-37-28-10-3-5-12-32(28)40-34/h2-21H,1H3. The molecule has 40 heavy (non-hydrogen) atoms. The van der Waals surface area contributed by atoms with E-state index in [-0.39, 0.29) is 0 Å². The number of fused-ring (bicyclic) bond motifs is 4. The molecule has 8 rings (SSSR count). The third-order valence-corrected chi connectivity index (χ3v) is 8.56. The first-order valence-corrected chi connectivity index (χ1v) is 14.0. The molecule has 0 saturated carbocycles. The molecule has 5 nitrogen and oxygen atoms in total. The summed E-state index contributed by atoms with van der Waals surface area (Å²) in [6, 6.07) is 36.2. The topological polar surface area (TPSA) is 48.5 Å². The van der Waals surface area contributed by atoms with E-state index >= 15 is 0 Å². The molecule has 4 heterocycles. The third kappa shape index (κ3) is 3.57. The first kappa shape index (κ1) is 22.9. The Hall–Kier alpha value is -5.07. The number of hydrogen-bond donors (Lipinski definition) is 0. The van der Waals surface area contributed by atoms with Crippen molar-refractivity contribution in [2.75, 3.05) is 0 Å². The summed E-state index contributed by atoms with van der Waals surface area (Å²) in [7, 11) is 2.04. The zero-order chi connectivity index (χ0) is 26.6. The van der Waals surface area contributed by atoms with Gasteiger partial charge in [-0.2, -0.15) is 0 Å². The summed E-state index contributed by atoms with van der Waals surface area (Å²) in [6.07, 6.45) is 5.68. The Kier molecular flexibility index (Phi) is 5.15. The minimum Gasteiger partial charge on any atom is -0.334 e.